The Bertz CT molecular complexity index is 875. The third kappa shape index (κ3) is 2.73. The number of ether oxygens (including phenoxy) is 2. The lowest BCUT2D eigenvalue weighted by Crippen LogP contribution is -2.59. The van der Waals surface area contributed by atoms with Crippen molar-refractivity contribution in [2.45, 2.75) is 77.4 Å². The maximum Gasteiger partial charge on any atom is 0.321 e. The SMILES string of the molecule is CCOC(=O)C1C[C@@]2(CCC3C4CC=C5C=C(O)CCC5(C)C4[C@H](O)CC32C)OC1=O. The van der Waals surface area contributed by atoms with Gasteiger partial charge in [-0.2, -0.15) is 0 Å². The van der Waals surface area contributed by atoms with Gasteiger partial charge in [0, 0.05) is 18.3 Å². The van der Waals surface area contributed by atoms with Gasteiger partial charge in [0.2, 0.25) is 0 Å². The lowest BCUT2D eigenvalue weighted by atomic mass is 9.46. The van der Waals surface area contributed by atoms with Gasteiger partial charge in [-0.3, -0.25) is 9.59 Å². The van der Waals surface area contributed by atoms with E-state index in [1.807, 2.05) is 6.08 Å². The monoisotopic (exact) mass is 430 g/mol. The number of esters is 2. The van der Waals surface area contributed by atoms with Gasteiger partial charge in [0.05, 0.1) is 18.5 Å². The van der Waals surface area contributed by atoms with Gasteiger partial charge in [-0.25, -0.2) is 0 Å². The molecule has 6 heteroatoms. The average Bonchev–Trinajstić information content (AvgIpc) is 3.19. The minimum absolute atomic E-state index is 0.128. The van der Waals surface area contributed by atoms with E-state index in [0.717, 1.165) is 31.3 Å². The largest absolute Gasteiger partial charge is 0.512 e. The van der Waals surface area contributed by atoms with Crippen LogP contribution in [0.3, 0.4) is 0 Å². The fourth-order valence-corrected chi connectivity index (χ4v) is 8.17. The molecule has 2 N–H and O–H groups in total. The Kier molecular flexibility index (Phi) is 4.64. The number of aliphatic hydroxyl groups excluding tert-OH is 2. The first-order chi connectivity index (χ1) is 14.6. The minimum Gasteiger partial charge on any atom is -0.512 e. The molecule has 0 aromatic heterocycles. The van der Waals surface area contributed by atoms with Crippen molar-refractivity contribution in [3.63, 3.8) is 0 Å². The highest BCUT2D eigenvalue weighted by Crippen LogP contribution is 2.69. The van der Waals surface area contributed by atoms with Gasteiger partial charge in [0.1, 0.15) is 5.60 Å². The van der Waals surface area contributed by atoms with E-state index < -0.39 is 29.6 Å². The number of carbonyl (C=O) groups is 2. The van der Waals surface area contributed by atoms with Crippen molar-refractivity contribution in [1.82, 2.24) is 0 Å². The van der Waals surface area contributed by atoms with Gasteiger partial charge in [0.25, 0.3) is 0 Å². The van der Waals surface area contributed by atoms with E-state index in [1.54, 1.807) is 6.92 Å². The smallest absolute Gasteiger partial charge is 0.321 e. The molecule has 31 heavy (non-hydrogen) atoms. The Hall–Kier alpha value is -1.82. The van der Waals surface area contributed by atoms with Gasteiger partial charge < -0.3 is 19.7 Å². The molecule has 6 nitrogen and oxygen atoms in total. The van der Waals surface area contributed by atoms with Crippen LogP contribution >= 0.6 is 0 Å². The predicted molar refractivity (Wildman–Crippen MR) is 113 cm³/mol. The number of rotatable bonds is 2. The van der Waals surface area contributed by atoms with Crippen molar-refractivity contribution in [2.24, 2.45) is 34.5 Å². The number of aliphatic hydroxyl groups is 2. The van der Waals surface area contributed by atoms with E-state index >= 15 is 0 Å². The second kappa shape index (κ2) is 6.84. The van der Waals surface area contributed by atoms with Crippen LogP contribution in [-0.2, 0) is 19.1 Å². The van der Waals surface area contributed by atoms with E-state index in [1.165, 1.54) is 0 Å². The molecule has 0 aromatic rings. The summed E-state index contributed by atoms with van der Waals surface area (Å²) in [5, 5.41) is 21.6. The molecule has 5 aliphatic rings. The lowest BCUT2D eigenvalue weighted by molar-refractivity contribution is -0.182. The number of hydrogen-bond donors (Lipinski definition) is 2. The summed E-state index contributed by atoms with van der Waals surface area (Å²) in [5.41, 5.74) is -0.0551. The first kappa shape index (κ1) is 21.0. The number of allylic oxidation sites excluding steroid dienone is 4. The maximum absolute atomic E-state index is 12.7. The van der Waals surface area contributed by atoms with Crippen LogP contribution in [0.15, 0.2) is 23.5 Å². The topological polar surface area (TPSA) is 93.1 Å². The molecule has 0 aromatic carbocycles. The van der Waals surface area contributed by atoms with Gasteiger partial charge in [0.15, 0.2) is 5.92 Å². The Labute approximate surface area is 183 Å². The van der Waals surface area contributed by atoms with Crippen LogP contribution in [0.25, 0.3) is 0 Å². The molecule has 5 rings (SSSR count). The van der Waals surface area contributed by atoms with Crippen LogP contribution in [0.1, 0.15) is 65.7 Å². The molecule has 1 spiro atoms. The van der Waals surface area contributed by atoms with Crippen molar-refractivity contribution >= 4 is 11.9 Å². The van der Waals surface area contributed by atoms with Crippen LogP contribution in [0.5, 0.6) is 0 Å². The van der Waals surface area contributed by atoms with Crippen molar-refractivity contribution in [2.75, 3.05) is 6.61 Å². The average molecular weight is 431 g/mol. The second-order valence-electron chi connectivity index (χ2n) is 10.9. The number of fused-ring (bicyclic) bond motifs is 6. The minimum atomic E-state index is -0.854. The van der Waals surface area contributed by atoms with E-state index in [9.17, 15) is 19.8 Å². The zero-order valence-electron chi connectivity index (χ0n) is 18.7. The molecular formula is C25H34O6. The zero-order chi connectivity index (χ0) is 22.2. The molecule has 1 heterocycles. The molecule has 8 atom stereocenters. The van der Waals surface area contributed by atoms with E-state index in [4.69, 9.17) is 9.47 Å². The molecule has 170 valence electrons. The van der Waals surface area contributed by atoms with E-state index in [-0.39, 0.29) is 23.4 Å². The second-order valence-corrected chi connectivity index (χ2v) is 10.9. The van der Waals surface area contributed by atoms with Crippen LogP contribution in [0.4, 0.5) is 0 Å². The number of carbonyl (C=O) groups excluding carboxylic acids is 2. The van der Waals surface area contributed by atoms with Crippen molar-refractivity contribution < 1.29 is 29.3 Å². The normalized spacial score (nSPS) is 48.3. The summed E-state index contributed by atoms with van der Waals surface area (Å²) in [6, 6.07) is 0. The summed E-state index contributed by atoms with van der Waals surface area (Å²) in [4.78, 5) is 25.0. The van der Waals surface area contributed by atoms with Crippen molar-refractivity contribution in [3.05, 3.63) is 23.5 Å². The number of hydrogen-bond acceptors (Lipinski definition) is 6. The van der Waals surface area contributed by atoms with Crippen molar-refractivity contribution in [3.8, 4) is 0 Å². The Balaban J connectivity index is 1.48. The fraction of sp³-hybridized carbons (Fsp3) is 0.760. The summed E-state index contributed by atoms with van der Waals surface area (Å²) in [6.07, 6.45) is 8.60. The van der Waals surface area contributed by atoms with Crippen molar-refractivity contribution in [1.29, 1.82) is 0 Å². The van der Waals surface area contributed by atoms with Crippen LogP contribution < -0.4 is 0 Å². The summed E-state index contributed by atoms with van der Waals surface area (Å²) >= 11 is 0. The first-order valence-corrected chi connectivity index (χ1v) is 11.8. The molecule has 0 bridgehead atoms. The summed E-state index contributed by atoms with van der Waals surface area (Å²) < 4.78 is 11.2. The van der Waals surface area contributed by atoms with E-state index in [2.05, 4.69) is 19.9 Å². The molecule has 1 saturated heterocycles. The molecule has 0 radical (unpaired) electrons. The van der Waals surface area contributed by atoms with Gasteiger partial charge in [-0.05, 0) is 73.8 Å². The van der Waals surface area contributed by atoms with Crippen LogP contribution in [-0.4, -0.2) is 40.5 Å². The van der Waals surface area contributed by atoms with Crippen LogP contribution in [0, 0.1) is 34.5 Å². The van der Waals surface area contributed by atoms with Crippen LogP contribution in [0.2, 0.25) is 0 Å². The maximum atomic E-state index is 12.7. The van der Waals surface area contributed by atoms with Gasteiger partial charge in [-0.15, -0.1) is 0 Å². The standard InChI is InChI=1S/C25H34O6/c1-4-30-21(28)17-12-25(31-22(17)29)10-8-18-16-6-5-14-11-15(26)7-9-23(14,2)20(16)19(27)13-24(18,25)3/h5,11,16-20,26-27H,4,6-10,12-13H2,1-3H3/t16?,17?,18?,19-,20?,23?,24?,25-/m1/s1. The Morgan fingerprint density at radius 3 is 2.81 bits per heavy atom. The highest BCUT2D eigenvalue weighted by molar-refractivity contribution is 5.96. The third-order valence-electron chi connectivity index (χ3n) is 9.66. The highest BCUT2D eigenvalue weighted by Gasteiger charge is 2.70. The fourth-order valence-electron chi connectivity index (χ4n) is 8.17. The Morgan fingerprint density at radius 2 is 2.06 bits per heavy atom. The molecule has 1 aliphatic heterocycles. The highest BCUT2D eigenvalue weighted by atomic mass is 16.6. The van der Waals surface area contributed by atoms with Gasteiger partial charge >= 0.3 is 11.9 Å². The quantitative estimate of drug-likeness (QED) is 0.511. The lowest BCUT2D eigenvalue weighted by Gasteiger charge is -2.59. The zero-order valence-corrected chi connectivity index (χ0v) is 18.7. The molecule has 3 fully saturated rings. The molecule has 6 unspecified atom stereocenters. The van der Waals surface area contributed by atoms with E-state index in [0.29, 0.717) is 36.9 Å². The molecule has 2 saturated carbocycles. The summed E-state index contributed by atoms with van der Waals surface area (Å²) in [7, 11) is 0. The third-order valence-corrected chi connectivity index (χ3v) is 9.66. The first-order valence-electron chi connectivity index (χ1n) is 11.8. The predicted octanol–water partition coefficient (Wildman–Crippen LogP) is 3.84. The summed E-state index contributed by atoms with van der Waals surface area (Å²) in [5.74, 6) is -0.630. The Morgan fingerprint density at radius 1 is 1.29 bits per heavy atom. The molecular weight excluding hydrogens is 396 g/mol. The summed E-state index contributed by atoms with van der Waals surface area (Å²) in [6.45, 7) is 6.39. The van der Waals surface area contributed by atoms with Gasteiger partial charge in [-0.1, -0.05) is 19.9 Å². The molecule has 0 amide bonds. The molecule has 4 aliphatic carbocycles.